The van der Waals surface area contributed by atoms with Gasteiger partial charge in [-0.15, -0.1) is 0 Å². The predicted molar refractivity (Wildman–Crippen MR) is 142 cm³/mol. The van der Waals surface area contributed by atoms with Gasteiger partial charge in [0.25, 0.3) is 10.0 Å². The maximum absolute atomic E-state index is 13.6. The van der Waals surface area contributed by atoms with Gasteiger partial charge in [0.2, 0.25) is 5.91 Å². The van der Waals surface area contributed by atoms with Crippen molar-refractivity contribution in [3.8, 4) is 5.75 Å². The summed E-state index contributed by atoms with van der Waals surface area (Å²) in [5.41, 5.74) is 2.77. The van der Waals surface area contributed by atoms with E-state index in [4.69, 9.17) is 21.1 Å². The number of sulfonamides is 1. The van der Waals surface area contributed by atoms with E-state index >= 15 is 0 Å². The molecule has 0 spiro atoms. The molecule has 0 bridgehead atoms. The summed E-state index contributed by atoms with van der Waals surface area (Å²) in [6.07, 6.45) is 0. The van der Waals surface area contributed by atoms with Crippen LogP contribution >= 0.6 is 11.6 Å². The summed E-state index contributed by atoms with van der Waals surface area (Å²) in [5, 5.41) is 3.03. The van der Waals surface area contributed by atoms with Crippen molar-refractivity contribution in [2.45, 2.75) is 11.8 Å². The van der Waals surface area contributed by atoms with Crippen molar-refractivity contribution in [2.24, 2.45) is 0 Å². The minimum absolute atomic E-state index is 0.0719. The van der Waals surface area contributed by atoms with E-state index in [9.17, 15) is 13.2 Å². The Hall–Kier alpha value is -3.27. The molecule has 3 aromatic rings. The fourth-order valence-electron chi connectivity index (χ4n) is 3.87. The van der Waals surface area contributed by atoms with Crippen LogP contribution in [0, 0.1) is 6.92 Å². The average Bonchev–Trinajstić information content (AvgIpc) is 2.88. The van der Waals surface area contributed by atoms with Gasteiger partial charge in [-0.05, 0) is 61.5 Å². The second-order valence-electron chi connectivity index (χ2n) is 8.34. The van der Waals surface area contributed by atoms with E-state index in [0.29, 0.717) is 24.7 Å². The number of nitrogens with one attached hydrogen (secondary N) is 1. The van der Waals surface area contributed by atoms with E-state index < -0.39 is 22.5 Å². The van der Waals surface area contributed by atoms with Crippen LogP contribution in [0.15, 0.2) is 71.6 Å². The summed E-state index contributed by atoms with van der Waals surface area (Å²) in [6, 6.07) is 18.5. The van der Waals surface area contributed by atoms with E-state index in [1.807, 2.05) is 19.1 Å². The molecule has 36 heavy (non-hydrogen) atoms. The molecule has 8 nitrogen and oxygen atoms in total. The Morgan fingerprint density at radius 2 is 1.72 bits per heavy atom. The molecule has 1 aliphatic heterocycles. The Balaban J connectivity index is 1.57. The number of anilines is 3. The quantitative estimate of drug-likeness (QED) is 0.467. The molecule has 0 aliphatic carbocycles. The molecule has 1 saturated heterocycles. The summed E-state index contributed by atoms with van der Waals surface area (Å²) in [6.45, 7) is 4.40. The van der Waals surface area contributed by atoms with E-state index in [2.05, 4.69) is 10.2 Å². The van der Waals surface area contributed by atoms with Gasteiger partial charge < -0.3 is 19.7 Å². The smallest absolute Gasteiger partial charge is 0.264 e. The van der Waals surface area contributed by atoms with Crippen LogP contribution in [0.2, 0.25) is 5.02 Å². The fourth-order valence-corrected chi connectivity index (χ4v) is 5.54. The van der Waals surface area contributed by atoms with Gasteiger partial charge >= 0.3 is 0 Å². The summed E-state index contributed by atoms with van der Waals surface area (Å²) in [5.74, 6) is -0.0883. The first kappa shape index (κ1) is 25.8. The first-order chi connectivity index (χ1) is 17.3. The van der Waals surface area contributed by atoms with Gasteiger partial charge in [0.1, 0.15) is 12.3 Å². The van der Waals surface area contributed by atoms with E-state index in [1.165, 1.54) is 25.3 Å². The first-order valence-corrected chi connectivity index (χ1v) is 13.3. The van der Waals surface area contributed by atoms with Gasteiger partial charge in [0.15, 0.2) is 0 Å². The number of morpholine rings is 1. The maximum atomic E-state index is 13.6. The van der Waals surface area contributed by atoms with Gasteiger partial charge in [-0.25, -0.2) is 8.42 Å². The third-order valence-corrected chi connectivity index (χ3v) is 7.93. The van der Waals surface area contributed by atoms with Crippen LogP contribution < -0.4 is 19.3 Å². The number of nitrogens with zero attached hydrogens (tertiary/aromatic N) is 2. The van der Waals surface area contributed by atoms with Crippen molar-refractivity contribution in [2.75, 3.05) is 54.5 Å². The Kier molecular flexibility index (Phi) is 8.03. The molecule has 1 amide bonds. The largest absolute Gasteiger partial charge is 0.495 e. The standard InChI is InChI=1S/C26H28ClN3O5S/c1-19-3-10-23(11-4-19)36(32,33)30(22-9-12-25(34-2)24(27)17-22)18-26(31)28-20-5-7-21(8-6-20)29-13-15-35-16-14-29/h3-12,17H,13-16,18H2,1-2H3,(H,28,31). The molecule has 10 heteroatoms. The van der Waals surface area contributed by atoms with Crippen LogP contribution in [0.4, 0.5) is 17.1 Å². The summed E-state index contributed by atoms with van der Waals surface area (Å²) >= 11 is 6.28. The molecule has 1 aliphatic rings. The monoisotopic (exact) mass is 529 g/mol. The van der Waals surface area contributed by atoms with Gasteiger partial charge in [-0.1, -0.05) is 29.3 Å². The number of methoxy groups -OCH3 is 1. The highest BCUT2D eigenvalue weighted by molar-refractivity contribution is 7.92. The second-order valence-corrected chi connectivity index (χ2v) is 10.6. The van der Waals surface area contributed by atoms with Crippen molar-refractivity contribution < 1.29 is 22.7 Å². The number of carbonyl (C=O) groups is 1. The molecule has 1 heterocycles. The Bertz CT molecular complexity index is 1310. The van der Waals surface area contributed by atoms with Crippen molar-refractivity contribution in [3.05, 3.63) is 77.3 Å². The number of aryl methyl sites for hydroxylation is 1. The molecule has 190 valence electrons. The normalized spacial score (nSPS) is 13.8. The highest BCUT2D eigenvalue weighted by Crippen LogP contribution is 2.32. The number of amides is 1. The van der Waals surface area contributed by atoms with Gasteiger partial charge in [0, 0.05) is 24.5 Å². The Morgan fingerprint density at radius 3 is 2.33 bits per heavy atom. The van der Waals surface area contributed by atoms with Gasteiger partial charge in [-0.3, -0.25) is 9.10 Å². The molecule has 0 unspecified atom stereocenters. The second kappa shape index (κ2) is 11.2. The zero-order valence-electron chi connectivity index (χ0n) is 20.1. The lowest BCUT2D eigenvalue weighted by atomic mass is 10.2. The van der Waals surface area contributed by atoms with Gasteiger partial charge in [-0.2, -0.15) is 0 Å². The molecule has 0 radical (unpaired) electrons. The van der Waals surface area contributed by atoms with Crippen LogP contribution in [0.5, 0.6) is 5.75 Å². The van der Waals surface area contributed by atoms with Crippen molar-refractivity contribution in [1.29, 1.82) is 0 Å². The number of halogens is 1. The molecule has 0 aromatic heterocycles. The highest BCUT2D eigenvalue weighted by Gasteiger charge is 2.28. The molecular formula is C26H28ClN3O5S. The van der Waals surface area contributed by atoms with Crippen molar-refractivity contribution in [1.82, 2.24) is 0 Å². The van der Waals surface area contributed by atoms with Crippen LogP contribution in [-0.4, -0.2) is 54.3 Å². The van der Waals surface area contributed by atoms with Crippen LogP contribution in [0.25, 0.3) is 0 Å². The number of ether oxygens (including phenoxy) is 2. The topological polar surface area (TPSA) is 88.2 Å². The molecule has 0 atom stereocenters. The number of hydrogen-bond donors (Lipinski definition) is 1. The lowest BCUT2D eigenvalue weighted by Crippen LogP contribution is -2.38. The molecule has 1 N–H and O–H groups in total. The van der Waals surface area contributed by atoms with Crippen LogP contribution in [0.3, 0.4) is 0 Å². The third kappa shape index (κ3) is 5.92. The highest BCUT2D eigenvalue weighted by atomic mass is 35.5. The fraction of sp³-hybridized carbons (Fsp3) is 0.269. The van der Waals surface area contributed by atoms with Crippen molar-refractivity contribution >= 4 is 44.6 Å². The average molecular weight is 530 g/mol. The number of rotatable bonds is 8. The predicted octanol–water partition coefficient (Wildman–Crippen LogP) is 4.33. The molecule has 1 fully saturated rings. The Morgan fingerprint density at radius 1 is 1.06 bits per heavy atom. The summed E-state index contributed by atoms with van der Waals surface area (Å²) < 4.78 is 38.8. The number of benzene rings is 3. The van der Waals surface area contributed by atoms with Crippen LogP contribution in [0.1, 0.15) is 5.56 Å². The zero-order chi connectivity index (χ0) is 25.7. The minimum atomic E-state index is -4.06. The molecule has 3 aromatic carbocycles. The first-order valence-electron chi connectivity index (χ1n) is 11.4. The molecular weight excluding hydrogens is 502 g/mol. The van der Waals surface area contributed by atoms with Crippen molar-refractivity contribution in [3.63, 3.8) is 0 Å². The van der Waals surface area contributed by atoms with Gasteiger partial charge in [0.05, 0.1) is 35.9 Å². The summed E-state index contributed by atoms with van der Waals surface area (Å²) in [7, 11) is -2.59. The minimum Gasteiger partial charge on any atom is -0.495 e. The third-order valence-electron chi connectivity index (χ3n) is 5.85. The lowest BCUT2D eigenvalue weighted by molar-refractivity contribution is -0.114. The van der Waals surface area contributed by atoms with E-state index in [-0.39, 0.29) is 15.6 Å². The number of hydrogen-bond acceptors (Lipinski definition) is 6. The zero-order valence-corrected chi connectivity index (χ0v) is 21.7. The van der Waals surface area contributed by atoms with E-state index in [1.54, 1.807) is 36.4 Å². The SMILES string of the molecule is COc1ccc(N(CC(=O)Nc2ccc(N3CCOCC3)cc2)S(=O)(=O)c2ccc(C)cc2)cc1Cl. The van der Waals surface area contributed by atoms with E-state index in [0.717, 1.165) is 28.6 Å². The molecule has 0 saturated carbocycles. The summed E-state index contributed by atoms with van der Waals surface area (Å²) in [4.78, 5) is 15.3. The number of carbonyl (C=O) groups excluding carboxylic acids is 1. The maximum Gasteiger partial charge on any atom is 0.264 e. The Labute approximate surface area is 216 Å². The lowest BCUT2D eigenvalue weighted by Gasteiger charge is -2.29. The van der Waals surface area contributed by atoms with Crippen LogP contribution in [-0.2, 0) is 19.6 Å². The molecule has 4 rings (SSSR count).